The highest BCUT2D eigenvalue weighted by Crippen LogP contribution is 2.37. The molecule has 4 heteroatoms. The van der Waals surface area contributed by atoms with Crippen molar-refractivity contribution in [1.82, 2.24) is 10.2 Å². The van der Waals surface area contributed by atoms with Gasteiger partial charge in [0, 0.05) is 12.6 Å². The Labute approximate surface area is 129 Å². The molecule has 21 heavy (non-hydrogen) atoms. The molecule has 0 spiro atoms. The van der Waals surface area contributed by atoms with Gasteiger partial charge in [-0.3, -0.25) is 4.79 Å². The first-order valence-electron chi connectivity index (χ1n) is 8.68. The molecule has 0 amide bonds. The first kappa shape index (κ1) is 16.8. The van der Waals surface area contributed by atoms with E-state index < -0.39 is 5.54 Å². The molecule has 0 aromatic heterocycles. The van der Waals surface area contributed by atoms with Gasteiger partial charge in [-0.1, -0.05) is 20.8 Å². The quantitative estimate of drug-likeness (QED) is 0.764. The molecule has 2 fully saturated rings. The van der Waals surface area contributed by atoms with Crippen LogP contribution in [-0.2, 0) is 9.53 Å². The van der Waals surface area contributed by atoms with Crippen LogP contribution in [0.25, 0.3) is 0 Å². The monoisotopic (exact) mass is 296 g/mol. The SMILES string of the molecule is CCNC1(C(=O)OCC)CCC(N2CCC(C(C)C)C2)C1. The van der Waals surface area contributed by atoms with Crippen molar-refractivity contribution in [2.75, 3.05) is 26.2 Å². The molecule has 0 aromatic carbocycles. The molecule has 0 bridgehead atoms. The van der Waals surface area contributed by atoms with Gasteiger partial charge in [0.05, 0.1) is 6.61 Å². The van der Waals surface area contributed by atoms with Crippen molar-refractivity contribution in [3.8, 4) is 0 Å². The third kappa shape index (κ3) is 3.59. The van der Waals surface area contributed by atoms with Gasteiger partial charge in [-0.2, -0.15) is 0 Å². The van der Waals surface area contributed by atoms with E-state index in [1.807, 2.05) is 6.92 Å². The van der Waals surface area contributed by atoms with Gasteiger partial charge in [-0.25, -0.2) is 0 Å². The topological polar surface area (TPSA) is 41.6 Å². The van der Waals surface area contributed by atoms with Crippen LogP contribution in [-0.4, -0.2) is 48.7 Å². The van der Waals surface area contributed by atoms with E-state index in [9.17, 15) is 4.79 Å². The number of hydrogen-bond acceptors (Lipinski definition) is 4. The smallest absolute Gasteiger partial charge is 0.326 e. The summed E-state index contributed by atoms with van der Waals surface area (Å²) >= 11 is 0. The standard InChI is InChI=1S/C17H32N2O2/c1-5-18-17(16(20)21-6-2)9-7-15(11-17)19-10-8-14(12-19)13(3)4/h13-15,18H,5-12H2,1-4H3. The number of ether oxygens (including phenoxy) is 1. The average molecular weight is 296 g/mol. The van der Waals surface area contributed by atoms with Crippen LogP contribution in [0.1, 0.15) is 53.4 Å². The van der Waals surface area contributed by atoms with E-state index in [0.29, 0.717) is 12.6 Å². The van der Waals surface area contributed by atoms with Gasteiger partial charge in [0.2, 0.25) is 0 Å². The molecule has 3 unspecified atom stereocenters. The van der Waals surface area contributed by atoms with Gasteiger partial charge < -0.3 is 15.0 Å². The summed E-state index contributed by atoms with van der Waals surface area (Å²) in [5.41, 5.74) is -0.439. The summed E-state index contributed by atoms with van der Waals surface area (Å²) in [5.74, 6) is 1.54. The molecule has 122 valence electrons. The van der Waals surface area contributed by atoms with Crippen LogP contribution in [0.2, 0.25) is 0 Å². The zero-order valence-electron chi connectivity index (χ0n) is 14.2. The van der Waals surface area contributed by atoms with Crippen LogP contribution in [0.5, 0.6) is 0 Å². The molecule has 1 saturated carbocycles. The molecule has 2 aliphatic rings. The number of esters is 1. The van der Waals surface area contributed by atoms with E-state index in [1.54, 1.807) is 0 Å². The lowest BCUT2D eigenvalue weighted by molar-refractivity contribution is -0.151. The molecule has 1 aliphatic heterocycles. The lowest BCUT2D eigenvalue weighted by atomic mass is 9.95. The molecule has 0 radical (unpaired) electrons. The maximum absolute atomic E-state index is 12.4. The summed E-state index contributed by atoms with van der Waals surface area (Å²) in [6.07, 6.45) is 4.23. The Morgan fingerprint density at radius 2 is 2.14 bits per heavy atom. The molecule has 1 N–H and O–H groups in total. The molecule has 2 rings (SSSR count). The maximum Gasteiger partial charge on any atom is 0.326 e. The number of nitrogens with one attached hydrogen (secondary N) is 1. The fourth-order valence-corrected chi connectivity index (χ4v) is 4.05. The Morgan fingerprint density at radius 1 is 1.38 bits per heavy atom. The van der Waals surface area contributed by atoms with Crippen LogP contribution < -0.4 is 5.32 Å². The highest BCUT2D eigenvalue weighted by Gasteiger charge is 2.48. The van der Waals surface area contributed by atoms with Gasteiger partial charge in [-0.15, -0.1) is 0 Å². The van der Waals surface area contributed by atoms with Crippen molar-refractivity contribution in [2.45, 2.75) is 65.0 Å². The van der Waals surface area contributed by atoms with Crippen LogP contribution in [0.3, 0.4) is 0 Å². The summed E-state index contributed by atoms with van der Waals surface area (Å²) in [5, 5.41) is 3.43. The summed E-state index contributed by atoms with van der Waals surface area (Å²) in [7, 11) is 0. The number of nitrogens with zero attached hydrogens (tertiary/aromatic N) is 1. The zero-order valence-corrected chi connectivity index (χ0v) is 14.2. The van der Waals surface area contributed by atoms with Crippen molar-refractivity contribution in [1.29, 1.82) is 0 Å². The van der Waals surface area contributed by atoms with E-state index in [4.69, 9.17) is 4.74 Å². The first-order chi connectivity index (χ1) is 10.0. The number of rotatable bonds is 6. The Balaban J connectivity index is 1.98. The lowest BCUT2D eigenvalue weighted by Gasteiger charge is -2.30. The second-order valence-corrected chi connectivity index (χ2v) is 7.02. The fourth-order valence-electron chi connectivity index (χ4n) is 4.05. The molecule has 0 aromatic rings. The minimum Gasteiger partial charge on any atom is -0.465 e. The van der Waals surface area contributed by atoms with Gasteiger partial charge in [-0.05, 0) is 57.5 Å². The lowest BCUT2D eigenvalue weighted by Crippen LogP contribution is -2.52. The fraction of sp³-hybridized carbons (Fsp3) is 0.941. The third-order valence-corrected chi connectivity index (χ3v) is 5.39. The summed E-state index contributed by atoms with van der Waals surface area (Å²) in [6, 6.07) is 0.539. The Bertz CT molecular complexity index is 359. The predicted molar refractivity (Wildman–Crippen MR) is 85.2 cm³/mol. The molecule has 1 saturated heterocycles. The van der Waals surface area contributed by atoms with Gasteiger partial charge >= 0.3 is 5.97 Å². The average Bonchev–Trinajstić information content (AvgIpc) is 3.06. The van der Waals surface area contributed by atoms with Crippen LogP contribution in [0.4, 0.5) is 0 Å². The second kappa shape index (κ2) is 7.10. The van der Waals surface area contributed by atoms with E-state index >= 15 is 0 Å². The van der Waals surface area contributed by atoms with Crippen LogP contribution in [0, 0.1) is 11.8 Å². The number of likely N-dealkylation sites (tertiary alicyclic amines) is 1. The number of carbonyl (C=O) groups excluding carboxylic acids is 1. The van der Waals surface area contributed by atoms with E-state index in [0.717, 1.165) is 37.6 Å². The summed E-state index contributed by atoms with van der Waals surface area (Å²) in [4.78, 5) is 15.0. The van der Waals surface area contributed by atoms with E-state index in [-0.39, 0.29) is 5.97 Å². The van der Waals surface area contributed by atoms with Crippen molar-refractivity contribution >= 4 is 5.97 Å². The Hall–Kier alpha value is -0.610. The normalized spacial score (nSPS) is 33.8. The van der Waals surface area contributed by atoms with Crippen molar-refractivity contribution in [3.05, 3.63) is 0 Å². The molecule has 4 nitrogen and oxygen atoms in total. The van der Waals surface area contributed by atoms with Crippen molar-refractivity contribution in [3.63, 3.8) is 0 Å². The maximum atomic E-state index is 12.4. The highest BCUT2D eigenvalue weighted by molar-refractivity contribution is 5.81. The van der Waals surface area contributed by atoms with E-state index in [2.05, 4.69) is 31.0 Å². The predicted octanol–water partition coefficient (Wildman–Crippen LogP) is 2.43. The molecular formula is C17H32N2O2. The summed E-state index contributed by atoms with van der Waals surface area (Å²) in [6.45, 7) is 12.3. The van der Waals surface area contributed by atoms with Crippen LogP contribution >= 0.6 is 0 Å². The summed E-state index contributed by atoms with van der Waals surface area (Å²) < 4.78 is 5.33. The minimum atomic E-state index is -0.439. The van der Waals surface area contributed by atoms with Crippen molar-refractivity contribution in [2.24, 2.45) is 11.8 Å². The Kier molecular flexibility index (Phi) is 5.67. The van der Waals surface area contributed by atoms with Crippen LogP contribution in [0.15, 0.2) is 0 Å². The van der Waals surface area contributed by atoms with Crippen molar-refractivity contribution < 1.29 is 9.53 Å². The molecule has 1 aliphatic carbocycles. The zero-order chi connectivity index (χ0) is 15.5. The molecule has 1 heterocycles. The van der Waals surface area contributed by atoms with Gasteiger partial charge in [0.25, 0.3) is 0 Å². The molecular weight excluding hydrogens is 264 g/mol. The number of hydrogen-bond donors (Lipinski definition) is 1. The first-order valence-corrected chi connectivity index (χ1v) is 8.68. The molecule has 3 atom stereocenters. The largest absolute Gasteiger partial charge is 0.465 e. The number of carbonyl (C=O) groups is 1. The third-order valence-electron chi connectivity index (χ3n) is 5.39. The highest BCUT2D eigenvalue weighted by atomic mass is 16.5. The minimum absolute atomic E-state index is 0.0473. The number of likely N-dealkylation sites (N-methyl/N-ethyl adjacent to an activating group) is 1. The second-order valence-electron chi connectivity index (χ2n) is 7.02. The van der Waals surface area contributed by atoms with Gasteiger partial charge in [0.1, 0.15) is 5.54 Å². The van der Waals surface area contributed by atoms with Gasteiger partial charge in [0.15, 0.2) is 0 Å². The Morgan fingerprint density at radius 3 is 2.71 bits per heavy atom. The van der Waals surface area contributed by atoms with E-state index in [1.165, 1.54) is 19.5 Å².